The number of carboxylic acids is 1. The van der Waals surface area contributed by atoms with Gasteiger partial charge in [0.1, 0.15) is 6.04 Å². The van der Waals surface area contributed by atoms with Gasteiger partial charge in [-0.15, -0.1) is 0 Å². The second-order valence-corrected chi connectivity index (χ2v) is 2.65. The predicted octanol–water partition coefficient (Wildman–Crippen LogP) is -0.425. The van der Waals surface area contributed by atoms with Crippen molar-refractivity contribution in [2.75, 3.05) is 13.1 Å². The molecule has 1 amide bonds. The first-order chi connectivity index (χ1) is 6.11. The van der Waals surface area contributed by atoms with Crippen LogP contribution in [-0.4, -0.2) is 36.1 Å². The molecule has 1 unspecified atom stereocenters. The number of hydrogen-bond acceptors (Lipinski definition) is 3. The van der Waals surface area contributed by atoms with Gasteiger partial charge in [0.2, 0.25) is 5.91 Å². The molecule has 0 bridgehead atoms. The zero-order valence-electron chi connectivity index (χ0n) is 7.96. The van der Waals surface area contributed by atoms with E-state index >= 15 is 0 Å². The summed E-state index contributed by atoms with van der Waals surface area (Å²) in [5, 5.41) is 13.8. The summed E-state index contributed by atoms with van der Waals surface area (Å²) in [6, 6.07) is -0.772. The molecule has 3 N–H and O–H groups in total. The van der Waals surface area contributed by atoms with Crippen molar-refractivity contribution in [3.8, 4) is 0 Å². The summed E-state index contributed by atoms with van der Waals surface area (Å²) in [7, 11) is 0. The van der Waals surface area contributed by atoms with E-state index in [2.05, 4.69) is 10.6 Å². The maximum atomic E-state index is 11.0. The third kappa shape index (κ3) is 5.19. The lowest BCUT2D eigenvalue weighted by molar-refractivity contribution is -0.141. The van der Waals surface area contributed by atoms with Crippen LogP contribution in [0.5, 0.6) is 0 Å². The number of rotatable bonds is 6. The fourth-order valence-electron chi connectivity index (χ4n) is 0.822. The average Bonchev–Trinajstić information content (AvgIpc) is 2.10. The highest BCUT2D eigenvalue weighted by atomic mass is 16.4. The van der Waals surface area contributed by atoms with Gasteiger partial charge >= 0.3 is 5.97 Å². The number of carboxylic acid groups (broad SMARTS) is 1. The van der Waals surface area contributed by atoms with Crippen LogP contribution in [0.3, 0.4) is 0 Å². The van der Waals surface area contributed by atoms with Crippen LogP contribution in [0, 0.1) is 0 Å². The van der Waals surface area contributed by atoms with Crippen molar-refractivity contribution in [2.45, 2.75) is 26.3 Å². The molecule has 0 aliphatic carbocycles. The Labute approximate surface area is 77.5 Å². The number of carbonyl (C=O) groups is 2. The third-order valence-corrected chi connectivity index (χ3v) is 1.58. The van der Waals surface area contributed by atoms with Crippen molar-refractivity contribution < 1.29 is 14.7 Å². The van der Waals surface area contributed by atoms with Gasteiger partial charge in [0.25, 0.3) is 0 Å². The van der Waals surface area contributed by atoms with Gasteiger partial charge in [-0.25, -0.2) is 4.79 Å². The van der Waals surface area contributed by atoms with Crippen molar-refractivity contribution in [1.29, 1.82) is 0 Å². The molecule has 1 atom stereocenters. The van der Waals surface area contributed by atoms with Crippen LogP contribution >= 0.6 is 0 Å². The van der Waals surface area contributed by atoms with Gasteiger partial charge in [-0.2, -0.15) is 0 Å². The number of hydrogen-bond donors (Lipinski definition) is 3. The van der Waals surface area contributed by atoms with Crippen LogP contribution in [0.25, 0.3) is 0 Å². The Morgan fingerprint density at radius 3 is 2.38 bits per heavy atom. The lowest BCUT2D eigenvalue weighted by Crippen LogP contribution is -2.44. The number of carbonyl (C=O) groups excluding carboxylic acids is 1. The summed E-state index contributed by atoms with van der Waals surface area (Å²) >= 11 is 0. The molecule has 76 valence electrons. The first-order valence-electron chi connectivity index (χ1n) is 4.34. The van der Waals surface area contributed by atoms with Gasteiger partial charge in [-0.3, -0.25) is 4.79 Å². The van der Waals surface area contributed by atoms with Crippen LogP contribution in [0.2, 0.25) is 0 Å². The Balaban J connectivity index is 3.80. The largest absolute Gasteiger partial charge is 0.480 e. The van der Waals surface area contributed by atoms with Gasteiger partial charge in [0.15, 0.2) is 0 Å². The number of amides is 1. The smallest absolute Gasteiger partial charge is 0.326 e. The predicted molar refractivity (Wildman–Crippen MR) is 48.4 cm³/mol. The van der Waals surface area contributed by atoms with E-state index in [1.54, 1.807) is 6.92 Å². The van der Waals surface area contributed by atoms with Gasteiger partial charge in [0.05, 0.1) is 6.54 Å². The van der Waals surface area contributed by atoms with Crippen LogP contribution in [0.15, 0.2) is 0 Å². The molecule has 0 radical (unpaired) electrons. The highest BCUT2D eigenvalue weighted by Gasteiger charge is 2.16. The number of aliphatic carboxylic acids is 1. The zero-order chi connectivity index (χ0) is 10.3. The molecule has 0 aliphatic heterocycles. The molecule has 0 saturated heterocycles. The molecule has 0 saturated carbocycles. The molecular weight excluding hydrogens is 172 g/mol. The normalized spacial score (nSPS) is 12.2. The summed E-state index contributed by atoms with van der Waals surface area (Å²) in [5.41, 5.74) is 0. The fraction of sp³-hybridized carbons (Fsp3) is 0.750. The van der Waals surface area contributed by atoms with Gasteiger partial charge in [-0.1, -0.05) is 13.8 Å². The summed E-state index contributed by atoms with van der Waals surface area (Å²) < 4.78 is 0. The minimum atomic E-state index is -0.993. The van der Waals surface area contributed by atoms with E-state index in [-0.39, 0.29) is 12.5 Å². The zero-order valence-corrected chi connectivity index (χ0v) is 7.96. The minimum absolute atomic E-state index is 0.167. The number of likely N-dealkylation sites (N-methyl/N-ethyl adjacent to an activating group) is 1. The van der Waals surface area contributed by atoms with Crippen LogP contribution in [-0.2, 0) is 9.59 Å². The van der Waals surface area contributed by atoms with E-state index in [9.17, 15) is 9.59 Å². The molecule has 0 aliphatic rings. The van der Waals surface area contributed by atoms with E-state index in [1.165, 1.54) is 0 Å². The molecule has 5 nitrogen and oxygen atoms in total. The molecule has 0 heterocycles. The second-order valence-electron chi connectivity index (χ2n) is 2.65. The second kappa shape index (κ2) is 6.42. The number of nitrogens with one attached hydrogen (secondary N) is 2. The Morgan fingerprint density at radius 1 is 1.38 bits per heavy atom. The van der Waals surface area contributed by atoms with E-state index in [0.29, 0.717) is 13.0 Å². The Bertz CT molecular complexity index is 182. The molecule has 0 aromatic carbocycles. The first kappa shape index (κ1) is 11.9. The fourth-order valence-corrected chi connectivity index (χ4v) is 0.822. The highest BCUT2D eigenvalue weighted by Crippen LogP contribution is 1.89. The van der Waals surface area contributed by atoms with Crippen molar-refractivity contribution >= 4 is 11.9 Å². The summed E-state index contributed by atoms with van der Waals surface area (Å²) in [4.78, 5) is 21.5. The van der Waals surface area contributed by atoms with Crippen molar-refractivity contribution in [3.05, 3.63) is 0 Å². The molecule has 13 heavy (non-hydrogen) atoms. The first-order valence-corrected chi connectivity index (χ1v) is 4.34. The van der Waals surface area contributed by atoms with Gasteiger partial charge in [0, 0.05) is 0 Å². The standard InChI is InChI=1S/C8H16N2O3/c1-3-6(8(12)13)10-7(11)5-9-4-2/h6,9H,3-5H2,1-2H3,(H,10,11)(H,12,13). The van der Waals surface area contributed by atoms with E-state index in [0.717, 1.165) is 0 Å². The molecule has 0 spiro atoms. The summed E-state index contributed by atoms with van der Waals surface area (Å²) in [5.74, 6) is -1.27. The van der Waals surface area contributed by atoms with E-state index in [1.807, 2.05) is 6.92 Å². The Hall–Kier alpha value is -1.10. The average molecular weight is 188 g/mol. The summed E-state index contributed by atoms with van der Waals surface area (Å²) in [6.45, 7) is 4.45. The van der Waals surface area contributed by atoms with E-state index < -0.39 is 12.0 Å². The molecule has 5 heteroatoms. The van der Waals surface area contributed by atoms with Crippen LogP contribution < -0.4 is 10.6 Å². The molecule has 0 aromatic rings. The van der Waals surface area contributed by atoms with Gasteiger partial charge in [-0.05, 0) is 13.0 Å². The molecule has 0 fully saturated rings. The topological polar surface area (TPSA) is 78.4 Å². The van der Waals surface area contributed by atoms with Crippen LogP contribution in [0.4, 0.5) is 0 Å². The monoisotopic (exact) mass is 188 g/mol. The highest BCUT2D eigenvalue weighted by molar-refractivity contribution is 5.84. The van der Waals surface area contributed by atoms with Crippen molar-refractivity contribution in [3.63, 3.8) is 0 Å². The van der Waals surface area contributed by atoms with Crippen molar-refractivity contribution in [2.24, 2.45) is 0 Å². The SMILES string of the molecule is CCNCC(=O)NC(CC)C(=O)O. The molecule has 0 rings (SSSR count). The third-order valence-electron chi connectivity index (χ3n) is 1.58. The van der Waals surface area contributed by atoms with Crippen molar-refractivity contribution in [1.82, 2.24) is 10.6 Å². The Kier molecular flexibility index (Phi) is 5.88. The molecular formula is C8H16N2O3. The van der Waals surface area contributed by atoms with E-state index in [4.69, 9.17) is 5.11 Å². The molecule has 0 aromatic heterocycles. The summed E-state index contributed by atoms with van der Waals surface area (Å²) in [6.07, 6.45) is 0.396. The van der Waals surface area contributed by atoms with Gasteiger partial charge < -0.3 is 15.7 Å². The maximum absolute atomic E-state index is 11.0. The van der Waals surface area contributed by atoms with Crippen LogP contribution in [0.1, 0.15) is 20.3 Å². The maximum Gasteiger partial charge on any atom is 0.326 e. The lowest BCUT2D eigenvalue weighted by Gasteiger charge is -2.11. The lowest BCUT2D eigenvalue weighted by atomic mass is 10.2. The minimum Gasteiger partial charge on any atom is -0.480 e. The Morgan fingerprint density at radius 2 is 2.00 bits per heavy atom. The quantitative estimate of drug-likeness (QED) is 0.529.